The third kappa shape index (κ3) is 5.77. The van der Waals surface area contributed by atoms with Crippen LogP contribution in [0.4, 0.5) is 0 Å². The average molecular weight is 420 g/mol. The highest BCUT2D eigenvalue weighted by Gasteiger charge is 2.15. The van der Waals surface area contributed by atoms with Crippen molar-refractivity contribution in [1.29, 1.82) is 0 Å². The maximum Gasteiger partial charge on any atom is 0.226 e. The summed E-state index contributed by atoms with van der Waals surface area (Å²) >= 11 is 1.58. The van der Waals surface area contributed by atoms with Crippen molar-refractivity contribution in [3.63, 3.8) is 0 Å². The SMILES string of the molecule is CC1CCN(Cc2ccc(CNC(=O)Cc3csc(-c4ccccc4)n3)cc2)CC1. The van der Waals surface area contributed by atoms with Crippen molar-refractivity contribution in [1.82, 2.24) is 15.2 Å². The number of nitrogens with one attached hydrogen (secondary N) is 1. The van der Waals surface area contributed by atoms with Gasteiger partial charge in [-0.25, -0.2) is 4.98 Å². The molecule has 0 aliphatic carbocycles. The summed E-state index contributed by atoms with van der Waals surface area (Å²) in [7, 11) is 0. The van der Waals surface area contributed by atoms with Gasteiger partial charge >= 0.3 is 0 Å². The topological polar surface area (TPSA) is 45.2 Å². The quantitative estimate of drug-likeness (QED) is 0.592. The smallest absolute Gasteiger partial charge is 0.226 e. The number of likely N-dealkylation sites (tertiary alicyclic amines) is 1. The second-order valence-electron chi connectivity index (χ2n) is 8.24. The third-order valence-corrected chi connectivity index (χ3v) is 6.65. The summed E-state index contributed by atoms with van der Waals surface area (Å²) in [4.78, 5) is 19.5. The summed E-state index contributed by atoms with van der Waals surface area (Å²) < 4.78 is 0. The van der Waals surface area contributed by atoms with E-state index >= 15 is 0 Å². The summed E-state index contributed by atoms with van der Waals surface area (Å²) in [5, 5.41) is 5.94. The number of aromatic nitrogens is 1. The Morgan fingerprint density at radius 1 is 1.07 bits per heavy atom. The molecule has 1 fully saturated rings. The predicted octanol–water partition coefficient (Wildman–Crippen LogP) is 4.90. The lowest BCUT2D eigenvalue weighted by Crippen LogP contribution is -2.32. The maximum absolute atomic E-state index is 12.3. The number of thiazole rings is 1. The number of amides is 1. The number of hydrogen-bond acceptors (Lipinski definition) is 4. The summed E-state index contributed by atoms with van der Waals surface area (Å²) in [5.41, 5.74) is 4.38. The first-order valence-corrected chi connectivity index (χ1v) is 11.6. The Morgan fingerprint density at radius 3 is 2.50 bits per heavy atom. The molecule has 1 amide bonds. The number of benzene rings is 2. The molecule has 0 unspecified atom stereocenters. The van der Waals surface area contributed by atoms with E-state index < -0.39 is 0 Å². The van der Waals surface area contributed by atoms with E-state index in [1.165, 1.54) is 31.5 Å². The zero-order chi connectivity index (χ0) is 20.8. The molecule has 1 N–H and O–H groups in total. The minimum atomic E-state index is 0.00595. The first kappa shape index (κ1) is 20.8. The second kappa shape index (κ2) is 10.0. The van der Waals surface area contributed by atoms with Crippen molar-refractivity contribution >= 4 is 17.2 Å². The molecule has 2 aromatic carbocycles. The van der Waals surface area contributed by atoms with Crippen molar-refractivity contribution in [3.8, 4) is 10.6 Å². The van der Waals surface area contributed by atoms with Crippen LogP contribution in [0, 0.1) is 5.92 Å². The predicted molar refractivity (Wildman–Crippen MR) is 123 cm³/mol. The van der Waals surface area contributed by atoms with Crippen LogP contribution in [-0.2, 0) is 24.3 Å². The van der Waals surface area contributed by atoms with E-state index in [9.17, 15) is 4.79 Å². The van der Waals surface area contributed by atoms with Gasteiger partial charge in [-0.2, -0.15) is 0 Å². The van der Waals surface area contributed by atoms with Gasteiger partial charge < -0.3 is 5.32 Å². The molecule has 0 saturated carbocycles. The number of piperidine rings is 1. The highest BCUT2D eigenvalue weighted by atomic mass is 32.1. The lowest BCUT2D eigenvalue weighted by Gasteiger charge is -2.30. The highest BCUT2D eigenvalue weighted by molar-refractivity contribution is 7.13. The van der Waals surface area contributed by atoms with Crippen LogP contribution in [-0.4, -0.2) is 28.9 Å². The number of hydrogen-bond donors (Lipinski definition) is 1. The molecule has 0 atom stereocenters. The molecule has 30 heavy (non-hydrogen) atoms. The molecular weight excluding hydrogens is 390 g/mol. The lowest BCUT2D eigenvalue weighted by molar-refractivity contribution is -0.120. The molecule has 5 heteroatoms. The molecular formula is C25H29N3OS. The van der Waals surface area contributed by atoms with E-state index in [1.807, 2.05) is 35.7 Å². The van der Waals surface area contributed by atoms with Crippen LogP contribution in [0.2, 0.25) is 0 Å². The van der Waals surface area contributed by atoms with Crippen LogP contribution in [0.1, 0.15) is 36.6 Å². The minimum Gasteiger partial charge on any atom is -0.352 e. The molecule has 1 aliphatic rings. The van der Waals surface area contributed by atoms with Crippen molar-refractivity contribution in [2.45, 2.75) is 39.3 Å². The molecule has 1 aliphatic heterocycles. The molecule has 4 nitrogen and oxygen atoms in total. The standard InChI is InChI=1S/C25H29N3OS/c1-19-11-13-28(14-12-19)17-21-9-7-20(8-10-21)16-26-24(29)15-23-18-30-25(27-23)22-5-3-2-4-6-22/h2-10,18-19H,11-17H2,1H3,(H,26,29). The Labute approximate surface area is 183 Å². The zero-order valence-electron chi connectivity index (χ0n) is 17.5. The fourth-order valence-corrected chi connectivity index (χ4v) is 4.60. The van der Waals surface area contributed by atoms with Gasteiger partial charge in [-0.3, -0.25) is 9.69 Å². The Balaban J connectivity index is 1.23. The molecule has 3 aromatic rings. The van der Waals surface area contributed by atoms with Crippen molar-refractivity contribution in [3.05, 3.63) is 76.8 Å². The summed E-state index contributed by atoms with van der Waals surface area (Å²) in [6, 6.07) is 18.7. The van der Waals surface area contributed by atoms with Gasteiger partial charge in [-0.15, -0.1) is 11.3 Å². The van der Waals surface area contributed by atoms with E-state index in [0.29, 0.717) is 13.0 Å². The van der Waals surface area contributed by atoms with Crippen LogP contribution in [0.5, 0.6) is 0 Å². The van der Waals surface area contributed by atoms with Gasteiger partial charge in [-0.05, 0) is 43.0 Å². The number of nitrogens with zero attached hydrogens (tertiary/aromatic N) is 2. The summed E-state index contributed by atoms with van der Waals surface area (Å²) in [6.45, 7) is 6.31. The van der Waals surface area contributed by atoms with Gasteiger partial charge in [0, 0.05) is 24.0 Å². The Hall–Kier alpha value is -2.50. The molecule has 2 heterocycles. The van der Waals surface area contributed by atoms with E-state index in [4.69, 9.17) is 0 Å². The first-order valence-electron chi connectivity index (χ1n) is 10.7. The van der Waals surface area contributed by atoms with Crippen molar-refractivity contribution in [2.24, 2.45) is 5.92 Å². The van der Waals surface area contributed by atoms with E-state index in [0.717, 1.165) is 34.3 Å². The fraction of sp³-hybridized carbons (Fsp3) is 0.360. The van der Waals surface area contributed by atoms with Gasteiger partial charge in [0.25, 0.3) is 0 Å². The Morgan fingerprint density at radius 2 is 1.77 bits per heavy atom. The summed E-state index contributed by atoms with van der Waals surface area (Å²) in [6.07, 6.45) is 2.92. The molecule has 156 valence electrons. The largest absolute Gasteiger partial charge is 0.352 e. The first-order chi connectivity index (χ1) is 14.7. The van der Waals surface area contributed by atoms with Gasteiger partial charge in [0.05, 0.1) is 12.1 Å². The van der Waals surface area contributed by atoms with Gasteiger partial charge in [-0.1, -0.05) is 61.5 Å². The van der Waals surface area contributed by atoms with E-state index in [-0.39, 0.29) is 5.91 Å². The van der Waals surface area contributed by atoms with Crippen LogP contribution < -0.4 is 5.32 Å². The second-order valence-corrected chi connectivity index (χ2v) is 9.10. The monoisotopic (exact) mass is 419 g/mol. The number of rotatable bonds is 7. The van der Waals surface area contributed by atoms with Crippen LogP contribution in [0.3, 0.4) is 0 Å². The molecule has 1 saturated heterocycles. The van der Waals surface area contributed by atoms with Crippen molar-refractivity contribution in [2.75, 3.05) is 13.1 Å². The van der Waals surface area contributed by atoms with Crippen molar-refractivity contribution < 1.29 is 4.79 Å². The lowest BCUT2D eigenvalue weighted by atomic mass is 9.99. The fourth-order valence-electron chi connectivity index (χ4n) is 3.77. The van der Waals surface area contributed by atoms with Crippen LogP contribution >= 0.6 is 11.3 Å². The molecule has 0 radical (unpaired) electrons. The van der Waals surface area contributed by atoms with Crippen LogP contribution in [0.25, 0.3) is 10.6 Å². The molecule has 1 aromatic heterocycles. The molecule has 4 rings (SSSR count). The Bertz CT molecular complexity index is 944. The van der Waals surface area contributed by atoms with E-state index in [1.54, 1.807) is 11.3 Å². The molecule has 0 bridgehead atoms. The normalized spacial score (nSPS) is 15.2. The molecule has 0 spiro atoms. The van der Waals surface area contributed by atoms with Crippen LogP contribution in [0.15, 0.2) is 60.0 Å². The summed E-state index contributed by atoms with van der Waals surface area (Å²) in [5.74, 6) is 0.868. The van der Waals surface area contributed by atoms with Gasteiger partial charge in [0.2, 0.25) is 5.91 Å². The minimum absolute atomic E-state index is 0.00595. The number of carbonyl (C=O) groups is 1. The highest BCUT2D eigenvalue weighted by Crippen LogP contribution is 2.23. The maximum atomic E-state index is 12.3. The van der Waals surface area contributed by atoms with E-state index in [2.05, 4.69) is 46.4 Å². The number of carbonyl (C=O) groups excluding carboxylic acids is 1. The zero-order valence-corrected chi connectivity index (χ0v) is 18.3. The van der Waals surface area contributed by atoms with Gasteiger partial charge in [0.15, 0.2) is 0 Å². The third-order valence-electron chi connectivity index (χ3n) is 5.71. The van der Waals surface area contributed by atoms with Gasteiger partial charge in [0.1, 0.15) is 5.01 Å². The Kier molecular flexibility index (Phi) is 6.92. The average Bonchev–Trinajstić information content (AvgIpc) is 3.24.